The third kappa shape index (κ3) is 2.81. The van der Waals surface area contributed by atoms with Gasteiger partial charge in [-0.2, -0.15) is 0 Å². The fourth-order valence-corrected chi connectivity index (χ4v) is 1.81. The summed E-state index contributed by atoms with van der Waals surface area (Å²) in [7, 11) is 0. The molecule has 1 unspecified atom stereocenters. The van der Waals surface area contributed by atoms with Crippen molar-refractivity contribution in [3.63, 3.8) is 0 Å². The smallest absolute Gasteiger partial charge is 0.147 e. The van der Waals surface area contributed by atoms with E-state index in [9.17, 15) is 9.50 Å². The van der Waals surface area contributed by atoms with Crippen molar-refractivity contribution < 1.29 is 9.50 Å². The van der Waals surface area contributed by atoms with Gasteiger partial charge in [-0.1, -0.05) is 23.7 Å². The maximum Gasteiger partial charge on any atom is 0.147 e. The van der Waals surface area contributed by atoms with Gasteiger partial charge in [0.2, 0.25) is 0 Å². The van der Waals surface area contributed by atoms with Gasteiger partial charge in [0.1, 0.15) is 5.82 Å². The number of halogens is 2. The van der Waals surface area contributed by atoms with E-state index in [1.54, 1.807) is 30.6 Å². The Morgan fingerprint density at radius 3 is 2.65 bits per heavy atom. The van der Waals surface area contributed by atoms with Gasteiger partial charge in [0.15, 0.2) is 0 Å². The molecule has 0 bridgehead atoms. The van der Waals surface area contributed by atoms with Gasteiger partial charge in [0.25, 0.3) is 0 Å². The number of benzene rings is 1. The van der Waals surface area contributed by atoms with E-state index >= 15 is 0 Å². The van der Waals surface area contributed by atoms with Crippen LogP contribution in [-0.4, -0.2) is 10.1 Å². The zero-order valence-electron chi connectivity index (χ0n) is 8.98. The Morgan fingerprint density at radius 1 is 1.24 bits per heavy atom. The molecule has 2 rings (SSSR count). The summed E-state index contributed by atoms with van der Waals surface area (Å²) in [5.74, 6) is -0.560. The van der Waals surface area contributed by atoms with Gasteiger partial charge in [0, 0.05) is 24.4 Å². The average molecular weight is 252 g/mol. The van der Waals surface area contributed by atoms with Crippen LogP contribution in [-0.2, 0) is 6.42 Å². The lowest BCUT2D eigenvalue weighted by Crippen LogP contribution is -2.04. The first-order valence-electron chi connectivity index (χ1n) is 5.19. The number of hydrogen-bond acceptors (Lipinski definition) is 2. The van der Waals surface area contributed by atoms with Crippen molar-refractivity contribution in [2.75, 3.05) is 0 Å². The Balaban J connectivity index is 2.20. The van der Waals surface area contributed by atoms with Crippen LogP contribution in [0.2, 0.25) is 5.02 Å². The number of hydrogen-bond donors (Lipinski definition) is 1. The molecule has 0 aliphatic rings. The summed E-state index contributed by atoms with van der Waals surface area (Å²) in [6.07, 6.45) is 2.70. The van der Waals surface area contributed by atoms with E-state index in [1.807, 2.05) is 0 Å². The second-order valence-electron chi connectivity index (χ2n) is 3.72. The van der Waals surface area contributed by atoms with Crippen molar-refractivity contribution >= 4 is 11.6 Å². The first kappa shape index (κ1) is 12.0. The molecule has 2 nitrogen and oxygen atoms in total. The summed E-state index contributed by atoms with van der Waals surface area (Å²) in [5.41, 5.74) is 1.11. The van der Waals surface area contributed by atoms with Crippen LogP contribution in [0.4, 0.5) is 4.39 Å². The van der Waals surface area contributed by atoms with E-state index in [0.29, 0.717) is 6.42 Å². The first-order valence-corrected chi connectivity index (χ1v) is 5.57. The molecule has 0 radical (unpaired) electrons. The fourth-order valence-electron chi connectivity index (χ4n) is 1.63. The Labute approximate surface area is 104 Å². The molecule has 17 heavy (non-hydrogen) atoms. The minimum Gasteiger partial charge on any atom is -0.388 e. The van der Waals surface area contributed by atoms with Gasteiger partial charge in [0.05, 0.1) is 11.1 Å². The molecule has 0 amide bonds. The van der Waals surface area contributed by atoms with E-state index in [0.717, 1.165) is 5.56 Å². The highest BCUT2D eigenvalue weighted by Crippen LogP contribution is 2.25. The molecule has 0 saturated heterocycles. The van der Waals surface area contributed by atoms with E-state index < -0.39 is 11.9 Å². The zero-order valence-corrected chi connectivity index (χ0v) is 9.73. The predicted octanol–water partition coefficient (Wildman–Crippen LogP) is 3.15. The molecule has 1 aromatic heterocycles. The Hall–Kier alpha value is -1.45. The molecule has 0 aliphatic heterocycles. The molecule has 0 spiro atoms. The average Bonchev–Trinajstić information content (AvgIpc) is 2.34. The van der Waals surface area contributed by atoms with Crippen molar-refractivity contribution in [3.05, 3.63) is 64.7 Å². The molecule has 0 fully saturated rings. The topological polar surface area (TPSA) is 33.1 Å². The zero-order chi connectivity index (χ0) is 12.3. The lowest BCUT2D eigenvalue weighted by molar-refractivity contribution is 0.173. The van der Waals surface area contributed by atoms with Crippen molar-refractivity contribution in [3.8, 4) is 0 Å². The largest absolute Gasteiger partial charge is 0.388 e. The lowest BCUT2D eigenvalue weighted by Gasteiger charge is -2.12. The highest BCUT2D eigenvalue weighted by molar-refractivity contribution is 6.30. The van der Waals surface area contributed by atoms with E-state index in [2.05, 4.69) is 4.98 Å². The van der Waals surface area contributed by atoms with Crippen LogP contribution < -0.4 is 0 Å². The van der Waals surface area contributed by atoms with Crippen LogP contribution >= 0.6 is 11.6 Å². The number of nitrogens with zero attached hydrogens (tertiary/aromatic N) is 1. The number of rotatable bonds is 3. The summed E-state index contributed by atoms with van der Waals surface area (Å²) in [5, 5.41) is 9.98. The summed E-state index contributed by atoms with van der Waals surface area (Å²) < 4.78 is 13.7. The maximum absolute atomic E-state index is 13.7. The number of pyridine rings is 1. The Bertz CT molecular complexity index is 504. The standard InChI is InChI=1S/C13H11ClFNO/c14-11-3-1-2-10(13(11)15)12(17)8-9-4-6-16-7-5-9/h1-7,12,17H,8H2. The van der Waals surface area contributed by atoms with Gasteiger partial charge in [-0.05, 0) is 23.8 Å². The van der Waals surface area contributed by atoms with Crippen LogP contribution in [0.1, 0.15) is 17.2 Å². The molecule has 0 saturated carbocycles. The molecule has 1 atom stereocenters. The van der Waals surface area contributed by atoms with Gasteiger partial charge in [-0.3, -0.25) is 4.98 Å². The molecule has 2 aromatic rings. The SMILES string of the molecule is OC(Cc1ccncc1)c1cccc(Cl)c1F. The fraction of sp³-hybridized carbons (Fsp3) is 0.154. The third-order valence-corrected chi connectivity index (χ3v) is 2.81. The van der Waals surface area contributed by atoms with Gasteiger partial charge in [-0.15, -0.1) is 0 Å². The highest BCUT2D eigenvalue weighted by Gasteiger charge is 2.15. The van der Waals surface area contributed by atoms with Crippen molar-refractivity contribution in [2.45, 2.75) is 12.5 Å². The lowest BCUT2D eigenvalue weighted by atomic mass is 10.0. The van der Waals surface area contributed by atoms with Gasteiger partial charge >= 0.3 is 0 Å². The molecular formula is C13H11ClFNO. The van der Waals surface area contributed by atoms with Crippen LogP contribution in [0, 0.1) is 5.82 Å². The number of aliphatic hydroxyl groups excluding tert-OH is 1. The molecule has 1 N–H and O–H groups in total. The molecule has 0 aliphatic carbocycles. The van der Waals surface area contributed by atoms with Crippen LogP contribution in [0.25, 0.3) is 0 Å². The second kappa shape index (κ2) is 5.25. The van der Waals surface area contributed by atoms with Crippen LogP contribution in [0.3, 0.4) is 0 Å². The van der Waals surface area contributed by atoms with Crippen molar-refractivity contribution in [1.82, 2.24) is 4.98 Å². The minimum absolute atomic E-state index is 0.0243. The highest BCUT2D eigenvalue weighted by atomic mass is 35.5. The minimum atomic E-state index is -0.906. The van der Waals surface area contributed by atoms with Crippen LogP contribution in [0.5, 0.6) is 0 Å². The first-order chi connectivity index (χ1) is 8.18. The summed E-state index contributed by atoms with van der Waals surface area (Å²) in [4.78, 5) is 3.88. The Kier molecular flexibility index (Phi) is 3.71. The molecule has 88 valence electrons. The van der Waals surface area contributed by atoms with Crippen molar-refractivity contribution in [2.24, 2.45) is 0 Å². The van der Waals surface area contributed by atoms with E-state index in [4.69, 9.17) is 11.6 Å². The maximum atomic E-state index is 13.7. The molecule has 1 aromatic carbocycles. The quantitative estimate of drug-likeness (QED) is 0.909. The number of aromatic nitrogens is 1. The second-order valence-corrected chi connectivity index (χ2v) is 4.13. The van der Waals surface area contributed by atoms with Crippen molar-refractivity contribution in [1.29, 1.82) is 0 Å². The third-order valence-electron chi connectivity index (χ3n) is 2.52. The van der Waals surface area contributed by atoms with E-state index in [1.165, 1.54) is 12.1 Å². The summed E-state index contributed by atoms with van der Waals surface area (Å²) in [6, 6.07) is 8.18. The van der Waals surface area contributed by atoms with E-state index in [-0.39, 0.29) is 10.6 Å². The molecule has 1 heterocycles. The normalized spacial score (nSPS) is 12.4. The summed E-state index contributed by atoms with van der Waals surface area (Å²) in [6.45, 7) is 0. The van der Waals surface area contributed by atoms with Gasteiger partial charge in [-0.25, -0.2) is 4.39 Å². The summed E-state index contributed by atoms with van der Waals surface area (Å²) >= 11 is 5.66. The monoisotopic (exact) mass is 251 g/mol. The molecule has 4 heteroatoms. The predicted molar refractivity (Wildman–Crippen MR) is 64.3 cm³/mol. The number of aliphatic hydroxyl groups is 1. The van der Waals surface area contributed by atoms with Gasteiger partial charge < -0.3 is 5.11 Å². The Morgan fingerprint density at radius 2 is 1.94 bits per heavy atom. The molecular weight excluding hydrogens is 241 g/mol. The van der Waals surface area contributed by atoms with Crippen LogP contribution in [0.15, 0.2) is 42.7 Å².